The number of hydrogen-bond donors (Lipinski definition) is 1. The van der Waals surface area contributed by atoms with Crippen molar-refractivity contribution in [2.24, 2.45) is 0 Å². The summed E-state index contributed by atoms with van der Waals surface area (Å²) in [6.07, 6.45) is 2.89. The second kappa shape index (κ2) is 6.80. The second-order valence-electron chi connectivity index (χ2n) is 5.09. The number of esters is 1. The fourth-order valence-electron chi connectivity index (χ4n) is 2.56. The number of benzene rings is 1. The number of methoxy groups -OCH3 is 1. The zero-order chi connectivity index (χ0) is 15.4. The number of phenols is 1. The third kappa shape index (κ3) is 3.67. The average molecular weight is 312 g/mol. The van der Waals surface area contributed by atoms with Crippen molar-refractivity contribution >= 4 is 23.5 Å². The Hall–Kier alpha value is -1.75. The van der Waals surface area contributed by atoms with E-state index in [4.69, 9.17) is 16.3 Å². The van der Waals surface area contributed by atoms with Crippen LogP contribution in [0, 0.1) is 0 Å². The van der Waals surface area contributed by atoms with Crippen LogP contribution < -0.4 is 0 Å². The summed E-state index contributed by atoms with van der Waals surface area (Å²) in [5, 5.41) is 9.56. The van der Waals surface area contributed by atoms with Gasteiger partial charge in [0.1, 0.15) is 5.75 Å². The Labute approximate surface area is 128 Å². The molecule has 1 atom stereocenters. The maximum atomic E-state index is 12.6. The van der Waals surface area contributed by atoms with Crippen molar-refractivity contribution in [3.05, 3.63) is 28.8 Å². The minimum absolute atomic E-state index is 0.0574. The molecule has 1 N–H and O–H groups in total. The number of amides is 1. The van der Waals surface area contributed by atoms with Crippen LogP contribution in [0.1, 0.15) is 36.0 Å². The van der Waals surface area contributed by atoms with E-state index < -0.39 is 0 Å². The Kier molecular flexibility index (Phi) is 5.07. The van der Waals surface area contributed by atoms with Crippen LogP contribution >= 0.6 is 11.6 Å². The number of likely N-dealkylation sites (tertiary alicyclic amines) is 1. The van der Waals surface area contributed by atoms with Gasteiger partial charge >= 0.3 is 5.97 Å². The molecule has 0 aromatic heterocycles. The lowest BCUT2D eigenvalue weighted by molar-refractivity contribution is -0.142. The molecule has 1 unspecified atom stereocenters. The van der Waals surface area contributed by atoms with Gasteiger partial charge in [-0.3, -0.25) is 9.59 Å². The van der Waals surface area contributed by atoms with Crippen LogP contribution in [-0.2, 0) is 9.53 Å². The highest BCUT2D eigenvalue weighted by Gasteiger charge is 2.29. The van der Waals surface area contributed by atoms with E-state index in [9.17, 15) is 14.7 Å². The van der Waals surface area contributed by atoms with Crippen LogP contribution in [-0.4, -0.2) is 41.6 Å². The summed E-state index contributed by atoms with van der Waals surface area (Å²) < 4.78 is 4.69. The molecule has 1 aliphatic heterocycles. The molecule has 1 saturated heterocycles. The Morgan fingerprint density at radius 3 is 2.86 bits per heavy atom. The first-order chi connectivity index (χ1) is 10.0. The molecule has 0 radical (unpaired) electrons. The molecule has 5 nitrogen and oxygen atoms in total. The summed E-state index contributed by atoms with van der Waals surface area (Å²) >= 11 is 5.85. The van der Waals surface area contributed by atoms with Gasteiger partial charge in [0.15, 0.2) is 0 Å². The molecule has 21 heavy (non-hydrogen) atoms. The number of carbonyl (C=O) groups is 2. The number of carbonyl (C=O) groups excluding carboxylic acids is 2. The molecule has 6 heteroatoms. The van der Waals surface area contributed by atoms with Crippen LogP contribution in [0.5, 0.6) is 5.75 Å². The van der Waals surface area contributed by atoms with Crippen molar-refractivity contribution < 1.29 is 19.4 Å². The van der Waals surface area contributed by atoms with Crippen molar-refractivity contribution in [3.8, 4) is 5.75 Å². The highest BCUT2D eigenvalue weighted by molar-refractivity contribution is 6.32. The van der Waals surface area contributed by atoms with Gasteiger partial charge in [-0.25, -0.2) is 0 Å². The fourth-order valence-corrected chi connectivity index (χ4v) is 2.74. The molecule has 0 aliphatic carbocycles. The number of halogens is 1. The van der Waals surface area contributed by atoms with E-state index in [2.05, 4.69) is 0 Å². The normalized spacial score (nSPS) is 18.4. The predicted octanol–water partition coefficient (Wildman–Crippen LogP) is 2.60. The van der Waals surface area contributed by atoms with Crippen LogP contribution in [0.2, 0.25) is 5.02 Å². The molecule has 1 heterocycles. The van der Waals surface area contributed by atoms with Crippen molar-refractivity contribution in [2.75, 3.05) is 13.7 Å². The topological polar surface area (TPSA) is 66.8 Å². The Morgan fingerprint density at radius 1 is 1.43 bits per heavy atom. The zero-order valence-corrected chi connectivity index (χ0v) is 12.6. The molecule has 1 aromatic carbocycles. The molecular formula is C15H18ClNO4. The van der Waals surface area contributed by atoms with Crippen LogP contribution in [0.15, 0.2) is 18.2 Å². The van der Waals surface area contributed by atoms with E-state index in [1.807, 2.05) is 0 Å². The number of hydrogen-bond acceptors (Lipinski definition) is 4. The lowest BCUT2D eigenvalue weighted by Gasteiger charge is -2.35. The predicted molar refractivity (Wildman–Crippen MR) is 78.4 cm³/mol. The summed E-state index contributed by atoms with van der Waals surface area (Å²) in [5.74, 6) is -0.549. The van der Waals surface area contributed by atoms with Gasteiger partial charge in [0.05, 0.1) is 18.6 Å². The lowest BCUT2D eigenvalue weighted by Crippen LogP contribution is -2.44. The summed E-state index contributed by atoms with van der Waals surface area (Å²) in [6.45, 7) is 0.610. The SMILES string of the molecule is COC(=O)CC1CCCCN1C(=O)c1ccc(O)c(Cl)c1. The third-order valence-corrected chi connectivity index (χ3v) is 4.02. The standard InChI is InChI=1S/C15H18ClNO4/c1-21-14(19)9-11-4-2-3-7-17(11)15(20)10-5-6-13(18)12(16)8-10/h5-6,8,11,18H,2-4,7,9H2,1H3. The number of rotatable bonds is 3. The van der Waals surface area contributed by atoms with Crippen molar-refractivity contribution in [3.63, 3.8) is 0 Å². The zero-order valence-electron chi connectivity index (χ0n) is 11.8. The van der Waals surface area contributed by atoms with Gasteiger partial charge in [0, 0.05) is 18.2 Å². The largest absolute Gasteiger partial charge is 0.506 e. The second-order valence-corrected chi connectivity index (χ2v) is 5.50. The van der Waals surface area contributed by atoms with Crippen LogP contribution in [0.25, 0.3) is 0 Å². The van der Waals surface area contributed by atoms with E-state index in [1.54, 1.807) is 4.90 Å². The maximum absolute atomic E-state index is 12.6. The Morgan fingerprint density at radius 2 is 2.19 bits per heavy atom. The highest BCUT2D eigenvalue weighted by atomic mass is 35.5. The molecule has 1 aromatic rings. The van der Waals surface area contributed by atoms with Crippen LogP contribution in [0.3, 0.4) is 0 Å². The van der Waals surface area contributed by atoms with E-state index >= 15 is 0 Å². The number of nitrogens with zero attached hydrogens (tertiary/aromatic N) is 1. The summed E-state index contributed by atoms with van der Waals surface area (Å²) in [4.78, 5) is 25.7. The molecular weight excluding hydrogens is 294 g/mol. The van der Waals surface area contributed by atoms with Gasteiger partial charge in [0.2, 0.25) is 0 Å². The Bertz CT molecular complexity index is 546. The van der Waals surface area contributed by atoms with Crippen LogP contribution in [0.4, 0.5) is 0 Å². The molecule has 114 valence electrons. The maximum Gasteiger partial charge on any atom is 0.307 e. The molecule has 1 aliphatic rings. The molecule has 2 rings (SSSR count). The summed E-state index contributed by atoms with van der Waals surface area (Å²) in [5.41, 5.74) is 0.412. The molecule has 1 amide bonds. The van der Waals surface area contributed by atoms with E-state index in [0.29, 0.717) is 12.1 Å². The quantitative estimate of drug-likeness (QED) is 0.871. The highest BCUT2D eigenvalue weighted by Crippen LogP contribution is 2.27. The van der Waals surface area contributed by atoms with Crippen molar-refractivity contribution in [1.82, 2.24) is 4.90 Å². The Balaban J connectivity index is 2.17. The average Bonchev–Trinajstić information content (AvgIpc) is 2.49. The number of ether oxygens (including phenoxy) is 1. The van der Waals surface area contributed by atoms with Gasteiger partial charge in [-0.05, 0) is 37.5 Å². The third-order valence-electron chi connectivity index (χ3n) is 3.71. The monoisotopic (exact) mass is 311 g/mol. The number of phenolic OH excluding ortho intramolecular Hbond substituents is 1. The number of aromatic hydroxyl groups is 1. The van der Waals surface area contributed by atoms with Gasteiger partial charge in [0.25, 0.3) is 5.91 Å². The first-order valence-electron chi connectivity index (χ1n) is 6.89. The summed E-state index contributed by atoms with van der Waals surface area (Å²) in [7, 11) is 1.34. The minimum atomic E-state index is -0.316. The fraction of sp³-hybridized carbons (Fsp3) is 0.467. The van der Waals surface area contributed by atoms with E-state index in [1.165, 1.54) is 25.3 Å². The molecule has 1 fully saturated rings. The van der Waals surface area contributed by atoms with E-state index in [0.717, 1.165) is 19.3 Å². The van der Waals surface area contributed by atoms with Gasteiger partial charge in [-0.2, -0.15) is 0 Å². The van der Waals surface area contributed by atoms with Crippen molar-refractivity contribution in [2.45, 2.75) is 31.7 Å². The molecule has 0 spiro atoms. The smallest absolute Gasteiger partial charge is 0.307 e. The van der Waals surface area contributed by atoms with Gasteiger partial charge < -0.3 is 14.7 Å². The van der Waals surface area contributed by atoms with Gasteiger partial charge in [-0.15, -0.1) is 0 Å². The molecule has 0 saturated carbocycles. The summed E-state index contributed by atoms with van der Waals surface area (Å²) in [6, 6.07) is 4.23. The van der Waals surface area contributed by atoms with Gasteiger partial charge in [-0.1, -0.05) is 11.6 Å². The van der Waals surface area contributed by atoms with E-state index in [-0.39, 0.29) is 35.1 Å². The first kappa shape index (κ1) is 15.6. The number of piperidine rings is 1. The van der Waals surface area contributed by atoms with Crippen molar-refractivity contribution in [1.29, 1.82) is 0 Å². The molecule has 0 bridgehead atoms. The minimum Gasteiger partial charge on any atom is -0.506 e. The first-order valence-corrected chi connectivity index (χ1v) is 7.27. The lowest BCUT2D eigenvalue weighted by atomic mass is 9.98.